The molecule has 36 heavy (non-hydrogen) atoms. The molecule has 0 aliphatic rings. The fourth-order valence-electron chi connectivity index (χ4n) is 4.65. The number of benzene rings is 2. The van der Waals surface area contributed by atoms with E-state index in [9.17, 15) is 4.79 Å². The summed E-state index contributed by atoms with van der Waals surface area (Å²) in [5.74, 6) is 0.538. The topological polar surface area (TPSA) is 94.3 Å². The van der Waals surface area contributed by atoms with Crippen molar-refractivity contribution in [1.82, 2.24) is 34.7 Å². The molecule has 0 fully saturated rings. The Bertz CT molecular complexity index is 1480. The van der Waals surface area contributed by atoms with Crippen molar-refractivity contribution in [1.29, 1.82) is 0 Å². The minimum atomic E-state index is -0.0291. The van der Waals surface area contributed by atoms with Crippen molar-refractivity contribution in [2.24, 2.45) is 0 Å². The van der Waals surface area contributed by atoms with Crippen LogP contribution in [0.25, 0.3) is 28.2 Å². The first-order valence-corrected chi connectivity index (χ1v) is 12.3. The molecule has 5 aromatic rings. The van der Waals surface area contributed by atoms with Gasteiger partial charge in [0.1, 0.15) is 0 Å². The maximum absolute atomic E-state index is 13.6. The molecule has 0 aliphatic heterocycles. The highest BCUT2D eigenvalue weighted by Crippen LogP contribution is 2.29. The molecule has 3 aromatic heterocycles. The Morgan fingerprint density at radius 2 is 1.69 bits per heavy atom. The van der Waals surface area contributed by atoms with E-state index in [0.717, 1.165) is 65.1 Å². The van der Waals surface area contributed by atoms with Gasteiger partial charge >= 0.3 is 5.69 Å². The van der Waals surface area contributed by atoms with Crippen LogP contribution in [0.1, 0.15) is 43.3 Å². The molecular weight excluding hydrogens is 450 g/mol. The Labute approximate surface area is 209 Å². The molecule has 0 radical (unpaired) electrons. The van der Waals surface area contributed by atoms with Gasteiger partial charge in [-0.3, -0.25) is 14.1 Å². The van der Waals surface area contributed by atoms with Gasteiger partial charge in [0.15, 0.2) is 0 Å². The standard InChI is InChI=1S/C28H29N7O/c1-3-4-6-15-26-20(2)35(23-11-7-5-8-12-23)28(36)34(26)19-22-17-16-21(18-29-22)24-13-9-10-14-25(24)27-30-32-33-31-27/h5,7-14,16-18H,3-4,6,15,19H2,1-2H3,(H,30,31,32,33). The molecule has 0 spiro atoms. The molecule has 0 unspecified atom stereocenters. The van der Waals surface area contributed by atoms with Gasteiger partial charge in [-0.15, -0.1) is 10.2 Å². The van der Waals surface area contributed by atoms with E-state index in [4.69, 9.17) is 4.98 Å². The number of pyridine rings is 1. The summed E-state index contributed by atoms with van der Waals surface area (Å²) in [7, 11) is 0. The Balaban J connectivity index is 1.48. The molecule has 2 aromatic carbocycles. The maximum Gasteiger partial charge on any atom is 0.333 e. The molecule has 0 saturated carbocycles. The molecule has 182 valence electrons. The number of nitrogens with one attached hydrogen (secondary N) is 1. The van der Waals surface area contributed by atoms with Crippen molar-refractivity contribution in [2.75, 3.05) is 0 Å². The zero-order valence-corrected chi connectivity index (χ0v) is 20.6. The molecule has 3 heterocycles. The molecule has 0 saturated heterocycles. The summed E-state index contributed by atoms with van der Waals surface area (Å²) in [6.07, 6.45) is 6.03. The third-order valence-corrected chi connectivity index (χ3v) is 6.50. The van der Waals surface area contributed by atoms with Crippen LogP contribution in [0.2, 0.25) is 0 Å². The number of para-hydroxylation sites is 1. The van der Waals surface area contributed by atoms with Gasteiger partial charge in [0.2, 0.25) is 5.82 Å². The van der Waals surface area contributed by atoms with Crippen molar-refractivity contribution in [3.63, 3.8) is 0 Å². The molecular formula is C28H29N7O. The summed E-state index contributed by atoms with van der Waals surface area (Å²) in [6, 6.07) is 21.8. The van der Waals surface area contributed by atoms with Crippen LogP contribution in [0.3, 0.4) is 0 Å². The van der Waals surface area contributed by atoms with E-state index in [1.807, 2.05) is 89.0 Å². The SMILES string of the molecule is CCCCCc1c(C)n(-c2ccccc2)c(=O)n1Cc1ccc(-c2ccccc2-c2nn[nH]n2)cn1. The van der Waals surface area contributed by atoms with Crippen LogP contribution in [0.4, 0.5) is 0 Å². The number of aromatic amines is 1. The smallest absolute Gasteiger partial charge is 0.290 e. The van der Waals surface area contributed by atoms with Crippen LogP contribution in [0.5, 0.6) is 0 Å². The molecule has 0 atom stereocenters. The lowest BCUT2D eigenvalue weighted by atomic mass is 10.0. The Kier molecular flexibility index (Phi) is 6.84. The van der Waals surface area contributed by atoms with Gasteiger partial charge < -0.3 is 0 Å². The molecule has 1 N–H and O–H groups in total. The summed E-state index contributed by atoms with van der Waals surface area (Å²) < 4.78 is 3.70. The number of rotatable bonds is 9. The number of aromatic nitrogens is 7. The van der Waals surface area contributed by atoms with Crippen molar-refractivity contribution in [2.45, 2.75) is 46.1 Å². The van der Waals surface area contributed by atoms with Crippen LogP contribution in [-0.2, 0) is 13.0 Å². The first kappa shape index (κ1) is 23.4. The number of H-pyrrole nitrogens is 1. The summed E-state index contributed by atoms with van der Waals surface area (Å²) >= 11 is 0. The normalized spacial score (nSPS) is 11.2. The monoisotopic (exact) mass is 479 g/mol. The summed E-state index contributed by atoms with van der Waals surface area (Å²) in [5.41, 5.74) is 6.56. The summed E-state index contributed by atoms with van der Waals surface area (Å²) in [4.78, 5) is 18.3. The zero-order valence-electron chi connectivity index (χ0n) is 20.6. The molecule has 0 aliphatic carbocycles. The lowest BCUT2D eigenvalue weighted by Crippen LogP contribution is -2.25. The van der Waals surface area contributed by atoms with Crippen LogP contribution in [0.15, 0.2) is 77.7 Å². The fraction of sp³-hybridized carbons (Fsp3) is 0.250. The second-order valence-electron chi connectivity index (χ2n) is 8.85. The van der Waals surface area contributed by atoms with Crippen molar-refractivity contribution >= 4 is 0 Å². The van der Waals surface area contributed by atoms with Crippen LogP contribution in [0, 0.1) is 6.92 Å². The van der Waals surface area contributed by atoms with Gasteiger partial charge in [-0.25, -0.2) is 4.79 Å². The number of hydrogen-bond acceptors (Lipinski definition) is 5. The van der Waals surface area contributed by atoms with Gasteiger partial charge in [0.05, 0.1) is 17.9 Å². The van der Waals surface area contributed by atoms with Crippen LogP contribution < -0.4 is 5.69 Å². The van der Waals surface area contributed by atoms with Crippen molar-refractivity contribution < 1.29 is 0 Å². The minimum absolute atomic E-state index is 0.0291. The van der Waals surface area contributed by atoms with Gasteiger partial charge in [-0.05, 0) is 48.7 Å². The van der Waals surface area contributed by atoms with E-state index < -0.39 is 0 Å². The van der Waals surface area contributed by atoms with Crippen LogP contribution >= 0.6 is 0 Å². The first-order valence-electron chi connectivity index (χ1n) is 12.3. The lowest BCUT2D eigenvalue weighted by molar-refractivity contribution is 0.645. The van der Waals surface area contributed by atoms with Crippen LogP contribution in [-0.4, -0.2) is 34.7 Å². The first-order chi connectivity index (χ1) is 17.7. The average molecular weight is 480 g/mol. The predicted octanol–water partition coefficient (Wildman–Crippen LogP) is 4.97. The highest BCUT2D eigenvalue weighted by Gasteiger charge is 2.18. The molecule has 8 heteroatoms. The third kappa shape index (κ3) is 4.62. The minimum Gasteiger partial charge on any atom is -0.290 e. The van der Waals surface area contributed by atoms with E-state index in [1.54, 1.807) is 0 Å². The summed E-state index contributed by atoms with van der Waals surface area (Å²) in [5, 5.41) is 14.4. The Hall–Kier alpha value is -4.33. The molecule has 0 bridgehead atoms. The van der Waals surface area contributed by atoms with E-state index in [1.165, 1.54) is 0 Å². The Morgan fingerprint density at radius 1 is 0.917 bits per heavy atom. The molecule has 0 amide bonds. The highest BCUT2D eigenvalue weighted by molar-refractivity contribution is 5.79. The van der Waals surface area contributed by atoms with Crippen molar-refractivity contribution in [3.05, 3.63) is 100 Å². The number of tetrazole rings is 1. The van der Waals surface area contributed by atoms with E-state index >= 15 is 0 Å². The van der Waals surface area contributed by atoms with E-state index in [0.29, 0.717) is 12.4 Å². The fourth-order valence-corrected chi connectivity index (χ4v) is 4.65. The summed E-state index contributed by atoms with van der Waals surface area (Å²) in [6.45, 7) is 4.66. The van der Waals surface area contributed by atoms with Gasteiger partial charge in [-0.1, -0.05) is 68.3 Å². The number of nitrogens with zero attached hydrogens (tertiary/aromatic N) is 6. The molecule has 5 rings (SSSR count). The average Bonchev–Trinajstić information content (AvgIpc) is 3.53. The number of imidazole rings is 1. The quantitative estimate of drug-likeness (QED) is 0.301. The van der Waals surface area contributed by atoms with Gasteiger partial charge in [-0.2, -0.15) is 5.21 Å². The second kappa shape index (κ2) is 10.5. The lowest BCUT2D eigenvalue weighted by Gasteiger charge is -2.10. The van der Waals surface area contributed by atoms with Gasteiger partial charge in [0, 0.05) is 28.7 Å². The maximum atomic E-state index is 13.6. The van der Waals surface area contributed by atoms with Crippen molar-refractivity contribution in [3.8, 4) is 28.2 Å². The van der Waals surface area contributed by atoms with Gasteiger partial charge in [0.25, 0.3) is 0 Å². The predicted molar refractivity (Wildman–Crippen MR) is 140 cm³/mol. The van der Waals surface area contributed by atoms with E-state index in [-0.39, 0.29) is 5.69 Å². The number of unbranched alkanes of at least 4 members (excludes halogenated alkanes) is 2. The molecule has 8 nitrogen and oxygen atoms in total. The largest absolute Gasteiger partial charge is 0.333 e. The third-order valence-electron chi connectivity index (χ3n) is 6.50. The highest BCUT2D eigenvalue weighted by atomic mass is 16.1. The number of hydrogen-bond donors (Lipinski definition) is 1. The Morgan fingerprint density at radius 3 is 2.39 bits per heavy atom. The second-order valence-corrected chi connectivity index (χ2v) is 8.85. The zero-order chi connectivity index (χ0) is 24.9. The van der Waals surface area contributed by atoms with E-state index in [2.05, 4.69) is 27.5 Å².